The molecule has 0 spiro atoms. The van der Waals surface area contributed by atoms with Gasteiger partial charge in [-0.1, -0.05) is 0 Å². The fraction of sp³-hybridized carbons (Fsp3) is 0.545. The monoisotopic (exact) mass is 299 g/mol. The molecule has 1 aromatic heterocycles. The fourth-order valence-corrected chi connectivity index (χ4v) is 3.78. The third-order valence-electron chi connectivity index (χ3n) is 2.82. The average Bonchev–Trinajstić information content (AvgIpc) is 2.73. The van der Waals surface area contributed by atoms with Crippen molar-refractivity contribution in [1.82, 2.24) is 10.2 Å². The quantitative estimate of drug-likeness (QED) is 0.931. The Bertz CT molecular complexity index is 379. The maximum Gasteiger partial charge on any atom is 0.0642 e. The second kappa shape index (κ2) is 5.78. The minimum atomic E-state index is 0.251. The summed E-state index contributed by atoms with van der Waals surface area (Å²) in [6.07, 6.45) is 0.569. The van der Waals surface area contributed by atoms with Crippen molar-refractivity contribution in [2.24, 2.45) is 0 Å². The Morgan fingerprint density at radius 3 is 2.88 bits per heavy atom. The lowest BCUT2D eigenvalue weighted by Crippen LogP contribution is -2.45. The Balaban J connectivity index is 2.16. The molecule has 1 aliphatic rings. The molecule has 0 saturated carbocycles. The standard InChI is InChI=1S/C11H14BrN3S/c12-9-2-8-16-11(9)10(1-3-13)15-6-4-14-5-7-15/h2,8,10,14H,1,4-7H2/t10-/m0/s1. The van der Waals surface area contributed by atoms with E-state index in [2.05, 4.69) is 43.7 Å². The Hall–Kier alpha value is -0.410. The molecule has 1 aromatic rings. The van der Waals surface area contributed by atoms with Crippen molar-refractivity contribution in [3.8, 4) is 6.07 Å². The molecule has 1 saturated heterocycles. The Labute approximate surface area is 108 Å². The number of thiophene rings is 1. The van der Waals surface area contributed by atoms with E-state index in [9.17, 15) is 0 Å². The summed E-state index contributed by atoms with van der Waals surface area (Å²) in [5.41, 5.74) is 0. The molecule has 16 heavy (non-hydrogen) atoms. The molecule has 0 unspecified atom stereocenters. The first-order valence-electron chi connectivity index (χ1n) is 5.37. The highest BCUT2D eigenvalue weighted by Gasteiger charge is 2.24. The molecule has 2 rings (SSSR count). The summed E-state index contributed by atoms with van der Waals surface area (Å²) in [5.74, 6) is 0. The molecule has 2 heterocycles. The highest BCUT2D eigenvalue weighted by Crippen LogP contribution is 2.34. The summed E-state index contributed by atoms with van der Waals surface area (Å²) in [6.45, 7) is 4.09. The minimum absolute atomic E-state index is 0.251. The highest BCUT2D eigenvalue weighted by atomic mass is 79.9. The average molecular weight is 300 g/mol. The molecule has 1 atom stereocenters. The lowest BCUT2D eigenvalue weighted by molar-refractivity contribution is 0.177. The predicted molar refractivity (Wildman–Crippen MR) is 69.4 cm³/mol. The lowest BCUT2D eigenvalue weighted by Gasteiger charge is -2.33. The van der Waals surface area contributed by atoms with E-state index in [0.29, 0.717) is 6.42 Å². The molecule has 0 bridgehead atoms. The molecular weight excluding hydrogens is 286 g/mol. The predicted octanol–water partition coefficient (Wildman–Crippen LogP) is 2.37. The minimum Gasteiger partial charge on any atom is -0.314 e. The van der Waals surface area contributed by atoms with Gasteiger partial charge >= 0.3 is 0 Å². The van der Waals surface area contributed by atoms with Crippen molar-refractivity contribution in [2.75, 3.05) is 26.2 Å². The molecule has 0 amide bonds. The first kappa shape index (κ1) is 12.1. The van der Waals surface area contributed by atoms with Crippen molar-refractivity contribution >= 4 is 27.3 Å². The molecule has 1 aliphatic heterocycles. The van der Waals surface area contributed by atoms with Gasteiger partial charge < -0.3 is 5.32 Å². The van der Waals surface area contributed by atoms with Gasteiger partial charge in [0.1, 0.15) is 0 Å². The number of hydrogen-bond donors (Lipinski definition) is 1. The Kier molecular flexibility index (Phi) is 4.36. The van der Waals surface area contributed by atoms with Gasteiger partial charge in [-0.25, -0.2) is 0 Å². The van der Waals surface area contributed by atoms with Crippen LogP contribution in [-0.2, 0) is 0 Å². The van der Waals surface area contributed by atoms with Crippen LogP contribution in [0.4, 0.5) is 0 Å². The number of piperazine rings is 1. The molecule has 1 fully saturated rings. The summed E-state index contributed by atoms with van der Waals surface area (Å²) < 4.78 is 1.14. The van der Waals surface area contributed by atoms with Gasteiger partial charge in [-0.15, -0.1) is 11.3 Å². The molecule has 0 aliphatic carbocycles. The van der Waals surface area contributed by atoms with E-state index in [1.54, 1.807) is 11.3 Å². The molecule has 86 valence electrons. The van der Waals surface area contributed by atoms with E-state index < -0.39 is 0 Å². The van der Waals surface area contributed by atoms with Crippen LogP contribution in [0.2, 0.25) is 0 Å². The Morgan fingerprint density at radius 1 is 1.56 bits per heavy atom. The number of hydrogen-bond acceptors (Lipinski definition) is 4. The van der Waals surface area contributed by atoms with Crippen LogP contribution in [0, 0.1) is 11.3 Å². The Morgan fingerprint density at radius 2 is 2.31 bits per heavy atom. The zero-order valence-electron chi connectivity index (χ0n) is 8.95. The summed E-state index contributed by atoms with van der Waals surface area (Å²) in [6, 6.07) is 4.62. The second-order valence-electron chi connectivity index (χ2n) is 3.80. The van der Waals surface area contributed by atoms with E-state index in [4.69, 9.17) is 5.26 Å². The summed E-state index contributed by atoms with van der Waals surface area (Å²) >= 11 is 5.29. The van der Waals surface area contributed by atoms with Gasteiger partial charge in [-0.2, -0.15) is 5.26 Å². The van der Waals surface area contributed by atoms with Crippen LogP contribution >= 0.6 is 27.3 Å². The largest absolute Gasteiger partial charge is 0.314 e. The van der Waals surface area contributed by atoms with Gasteiger partial charge in [-0.05, 0) is 27.4 Å². The number of nitrogens with one attached hydrogen (secondary N) is 1. The van der Waals surface area contributed by atoms with E-state index >= 15 is 0 Å². The molecule has 1 N–H and O–H groups in total. The summed E-state index contributed by atoms with van der Waals surface area (Å²) in [5, 5.41) is 14.4. The van der Waals surface area contributed by atoms with Gasteiger partial charge in [0.25, 0.3) is 0 Å². The van der Waals surface area contributed by atoms with Crippen molar-refractivity contribution < 1.29 is 0 Å². The van der Waals surface area contributed by atoms with Crippen molar-refractivity contribution in [3.05, 3.63) is 20.8 Å². The lowest BCUT2D eigenvalue weighted by atomic mass is 10.1. The number of rotatable bonds is 3. The molecular formula is C11H14BrN3S. The first-order chi connectivity index (χ1) is 7.83. The maximum absolute atomic E-state index is 8.95. The SMILES string of the molecule is N#CC[C@@H](c1sccc1Br)N1CCNCC1. The third kappa shape index (κ3) is 2.64. The maximum atomic E-state index is 8.95. The normalized spacial score (nSPS) is 19.2. The van der Waals surface area contributed by atoms with E-state index in [1.165, 1.54) is 4.88 Å². The van der Waals surface area contributed by atoms with Gasteiger partial charge in [0.2, 0.25) is 0 Å². The molecule has 0 radical (unpaired) electrons. The van der Waals surface area contributed by atoms with Crippen LogP contribution in [0.25, 0.3) is 0 Å². The van der Waals surface area contributed by atoms with Crippen LogP contribution in [0.3, 0.4) is 0 Å². The summed E-state index contributed by atoms with van der Waals surface area (Å²) in [7, 11) is 0. The van der Waals surface area contributed by atoms with Crippen LogP contribution in [0.5, 0.6) is 0 Å². The van der Waals surface area contributed by atoms with Crippen LogP contribution in [0.1, 0.15) is 17.3 Å². The number of nitrogens with zero attached hydrogens (tertiary/aromatic N) is 2. The number of nitriles is 1. The van der Waals surface area contributed by atoms with Crippen LogP contribution in [-0.4, -0.2) is 31.1 Å². The molecule has 0 aromatic carbocycles. The van der Waals surface area contributed by atoms with Crippen molar-refractivity contribution in [1.29, 1.82) is 5.26 Å². The van der Waals surface area contributed by atoms with Crippen LogP contribution < -0.4 is 5.32 Å². The van der Waals surface area contributed by atoms with Crippen LogP contribution in [0.15, 0.2) is 15.9 Å². The smallest absolute Gasteiger partial charge is 0.0642 e. The van der Waals surface area contributed by atoms with Crippen molar-refractivity contribution in [2.45, 2.75) is 12.5 Å². The zero-order chi connectivity index (χ0) is 11.4. The molecule has 3 nitrogen and oxygen atoms in total. The van der Waals surface area contributed by atoms with E-state index in [-0.39, 0.29) is 6.04 Å². The number of halogens is 1. The fourth-order valence-electron chi connectivity index (χ4n) is 2.01. The third-order valence-corrected chi connectivity index (χ3v) is 4.80. The van der Waals surface area contributed by atoms with Gasteiger partial charge in [-0.3, -0.25) is 4.90 Å². The van der Waals surface area contributed by atoms with Gasteiger partial charge in [0.15, 0.2) is 0 Å². The van der Waals surface area contributed by atoms with E-state index in [1.807, 2.05) is 0 Å². The van der Waals surface area contributed by atoms with Gasteiger partial charge in [0.05, 0.1) is 18.5 Å². The van der Waals surface area contributed by atoms with Gasteiger partial charge in [0, 0.05) is 35.5 Å². The van der Waals surface area contributed by atoms with E-state index in [0.717, 1.165) is 30.7 Å². The zero-order valence-corrected chi connectivity index (χ0v) is 11.4. The van der Waals surface area contributed by atoms with Crippen molar-refractivity contribution in [3.63, 3.8) is 0 Å². The highest BCUT2D eigenvalue weighted by molar-refractivity contribution is 9.10. The topological polar surface area (TPSA) is 39.1 Å². The first-order valence-corrected chi connectivity index (χ1v) is 7.05. The second-order valence-corrected chi connectivity index (χ2v) is 5.60. The summed E-state index contributed by atoms with van der Waals surface area (Å²) in [4.78, 5) is 3.68. The molecule has 5 heteroatoms.